The number of hydrogen-bond donors (Lipinski definition) is 2. The van der Waals surface area contributed by atoms with Crippen LogP contribution in [0.15, 0.2) is 24.3 Å². The zero-order chi connectivity index (χ0) is 13.1. The van der Waals surface area contributed by atoms with E-state index in [2.05, 4.69) is 19.6 Å². The molecule has 17 heavy (non-hydrogen) atoms. The third-order valence-corrected chi connectivity index (χ3v) is 4.93. The Kier molecular flexibility index (Phi) is 4.53. The molecule has 1 rings (SSSR count). The van der Waals surface area contributed by atoms with E-state index in [-0.39, 0.29) is 13.2 Å². The molecular formula is C14H24O2Si. The van der Waals surface area contributed by atoms with Gasteiger partial charge in [-0.15, -0.1) is 0 Å². The van der Waals surface area contributed by atoms with E-state index in [1.807, 2.05) is 31.2 Å². The number of aliphatic hydroxyl groups is 2. The molecule has 0 unspecified atom stereocenters. The Labute approximate surface area is 105 Å². The maximum absolute atomic E-state index is 9.78. The van der Waals surface area contributed by atoms with E-state index in [1.165, 1.54) is 0 Å². The molecule has 0 aliphatic heterocycles. The SMILES string of the molecule is Cc1ccccc1C(CO)(CO)C[Si](C)(C)C. The molecule has 0 saturated heterocycles. The summed E-state index contributed by atoms with van der Waals surface area (Å²) in [5, 5.41) is 19.6. The summed E-state index contributed by atoms with van der Waals surface area (Å²) in [4.78, 5) is 0. The van der Waals surface area contributed by atoms with Gasteiger partial charge >= 0.3 is 0 Å². The molecule has 0 amide bonds. The van der Waals surface area contributed by atoms with E-state index in [4.69, 9.17) is 0 Å². The quantitative estimate of drug-likeness (QED) is 0.791. The summed E-state index contributed by atoms with van der Waals surface area (Å²) in [6.07, 6.45) is 0. The predicted octanol–water partition coefficient (Wildman–Crippen LogP) is 2.56. The van der Waals surface area contributed by atoms with E-state index >= 15 is 0 Å². The van der Waals surface area contributed by atoms with Crippen LogP contribution in [0.25, 0.3) is 0 Å². The van der Waals surface area contributed by atoms with Gasteiger partial charge < -0.3 is 10.2 Å². The molecule has 0 bridgehead atoms. The molecule has 0 radical (unpaired) electrons. The predicted molar refractivity (Wildman–Crippen MR) is 75.2 cm³/mol. The second kappa shape index (κ2) is 5.34. The van der Waals surface area contributed by atoms with Crippen LogP contribution in [0.2, 0.25) is 25.7 Å². The van der Waals surface area contributed by atoms with Gasteiger partial charge in [0, 0.05) is 13.5 Å². The molecular weight excluding hydrogens is 228 g/mol. The molecule has 2 N–H and O–H groups in total. The summed E-state index contributed by atoms with van der Waals surface area (Å²) in [6, 6.07) is 8.94. The van der Waals surface area contributed by atoms with Gasteiger partial charge in [-0.25, -0.2) is 0 Å². The van der Waals surface area contributed by atoms with Crippen molar-refractivity contribution >= 4 is 8.07 Å². The standard InChI is InChI=1S/C14H24O2Si/c1-12-7-5-6-8-13(12)14(9-15,10-16)11-17(2,3)4/h5-8,15-16H,9-11H2,1-4H3. The fraction of sp³-hybridized carbons (Fsp3) is 0.571. The summed E-state index contributed by atoms with van der Waals surface area (Å²) >= 11 is 0. The van der Waals surface area contributed by atoms with Gasteiger partial charge in [-0.2, -0.15) is 0 Å². The number of aliphatic hydroxyl groups excluding tert-OH is 2. The van der Waals surface area contributed by atoms with Crippen LogP contribution in [-0.2, 0) is 5.41 Å². The Bertz CT molecular complexity index is 365. The lowest BCUT2D eigenvalue weighted by atomic mass is 9.81. The zero-order valence-corrected chi connectivity index (χ0v) is 12.3. The molecule has 3 heteroatoms. The van der Waals surface area contributed by atoms with Crippen molar-refractivity contribution in [2.75, 3.05) is 13.2 Å². The molecule has 1 aromatic rings. The van der Waals surface area contributed by atoms with Crippen molar-refractivity contribution < 1.29 is 10.2 Å². The third-order valence-electron chi connectivity index (χ3n) is 3.19. The van der Waals surface area contributed by atoms with Gasteiger partial charge in [0.05, 0.1) is 13.2 Å². The highest BCUT2D eigenvalue weighted by atomic mass is 28.3. The van der Waals surface area contributed by atoms with Gasteiger partial charge in [-0.3, -0.25) is 0 Å². The second-order valence-corrected chi connectivity index (χ2v) is 11.6. The molecule has 96 valence electrons. The molecule has 0 atom stereocenters. The maximum Gasteiger partial charge on any atom is 0.0547 e. The Morgan fingerprint density at radius 1 is 1.06 bits per heavy atom. The van der Waals surface area contributed by atoms with Crippen LogP contribution in [-0.4, -0.2) is 31.5 Å². The van der Waals surface area contributed by atoms with E-state index in [0.29, 0.717) is 0 Å². The Morgan fingerprint density at radius 2 is 1.59 bits per heavy atom. The highest BCUT2D eigenvalue weighted by Gasteiger charge is 2.36. The van der Waals surface area contributed by atoms with E-state index in [9.17, 15) is 10.2 Å². The van der Waals surface area contributed by atoms with Crippen molar-refractivity contribution in [3.8, 4) is 0 Å². The van der Waals surface area contributed by atoms with Gasteiger partial charge in [-0.05, 0) is 24.1 Å². The minimum absolute atomic E-state index is 0.0125. The molecule has 0 fully saturated rings. The van der Waals surface area contributed by atoms with Crippen LogP contribution >= 0.6 is 0 Å². The number of aryl methyl sites for hydroxylation is 1. The molecule has 0 spiro atoms. The third kappa shape index (κ3) is 3.41. The summed E-state index contributed by atoms with van der Waals surface area (Å²) in [7, 11) is -1.36. The van der Waals surface area contributed by atoms with E-state index < -0.39 is 13.5 Å². The first-order chi connectivity index (χ1) is 7.84. The molecule has 0 aromatic heterocycles. The molecule has 0 aliphatic carbocycles. The Morgan fingerprint density at radius 3 is 2.00 bits per heavy atom. The van der Waals surface area contributed by atoms with Crippen LogP contribution in [0.1, 0.15) is 11.1 Å². The number of benzene rings is 1. The first-order valence-corrected chi connectivity index (χ1v) is 9.83. The van der Waals surface area contributed by atoms with Crippen LogP contribution < -0.4 is 0 Å². The number of hydrogen-bond acceptors (Lipinski definition) is 2. The van der Waals surface area contributed by atoms with Crippen LogP contribution in [0.5, 0.6) is 0 Å². The van der Waals surface area contributed by atoms with Gasteiger partial charge in [0.1, 0.15) is 0 Å². The summed E-state index contributed by atoms with van der Waals surface area (Å²) in [6.45, 7) is 8.87. The molecule has 1 aromatic carbocycles. The molecule has 0 aliphatic rings. The second-order valence-electron chi connectivity index (χ2n) is 6.15. The topological polar surface area (TPSA) is 40.5 Å². The van der Waals surface area contributed by atoms with Crippen molar-refractivity contribution in [2.24, 2.45) is 0 Å². The zero-order valence-electron chi connectivity index (χ0n) is 11.3. The molecule has 0 saturated carbocycles. The normalized spacial score (nSPS) is 12.8. The summed E-state index contributed by atoms with van der Waals surface area (Å²) < 4.78 is 0. The smallest absolute Gasteiger partial charge is 0.0547 e. The maximum atomic E-state index is 9.78. The first kappa shape index (κ1) is 14.4. The average Bonchev–Trinajstić information content (AvgIpc) is 2.25. The Hall–Kier alpha value is -0.643. The van der Waals surface area contributed by atoms with Crippen LogP contribution in [0.4, 0.5) is 0 Å². The molecule has 2 nitrogen and oxygen atoms in total. The van der Waals surface area contributed by atoms with Crippen LogP contribution in [0, 0.1) is 6.92 Å². The van der Waals surface area contributed by atoms with Gasteiger partial charge in [0.15, 0.2) is 0 Å². The first-order valence-electron chi connectivity index (χ1n) is 6.12. The van der Waals surface area contributed by atoms with Gasteiger partial charge in [0.25, 0.3) is 0 Å². The van der Waals surface area contributed by atoms with Gasteiger partial charge in [-0.1, -0.05) is 43.9 Å². The Balaban J connectivity index is 3.20. The van der Waals surface area contributed by atoms with Crippen molar-refractivity contribution in [2.45, 2.75) is 38.0 Å². The minimum Gasteiger partial charge on any atom is -0.395 e. The van der Waals surface area contributed by atoms with E-state index in [1.54, 1.807) is 0 Å². The lowest BCUT2D eigenvalue weighted by Gasteiger charge is -2.36. The summed E-state index contributed by atoms with van der Waals surface area (Å²) in [5.41, 5.74) is 1.76. The fourth-order valence-corrected chi connectivity index (χ4v) is 5.05. The largest absolute Gasteiger partial charge is 0.395 e. The lowest BCUT2D eigenvalue weighted by Crippen LogP contribution is -2.42. The van der Waals surface area contributed by atoms with Crippen molar-refractivity contribution in [3.05, 3.63) is 35.4 Å². The minimum atomic E-state index is -1.36. The van der Waals surface area contributed by atoms with Crippen molar-refractivity contribution in [1.29, 1.82) is 0 Å². The van der Waals surface area contributed by atoms with Crippen molar-refractivity contribution in [1.82, 2.24) is 0 Å². The van der Waals surface area contributed by atoms with Gasteiger partial charge in [0.2, 0.25) is 0 Å². The average molecular weight is 252 g/mol. The van der Waals surface area contributed by atoms with E-state index in [0.717, 1.165) is 17.2 Å². The van der Waals surface area contributed by atoms with Crippen LogP contribution in [0.3, 0.4) is 0 Å². The highest BCUT2D eigenvalue weighted by Crippen LogP contribution is 2.34. The fourth-order valence-electron chi connectivity index (χ4n) is 2.61. The number of rotatable bonds is 5. The summed E-state index contributed by atoms with van der Waals surface area (Å²) in [5.74, 6) is 0. The lowest BCUT2D eigenvalue weighted by molar-refractivity contribution is 0.128. The van der Waals surface area contributed by atoms with Crippen molar-refractivity contribution in [3.63, 3.8) is 0 Å². The highest BCUT2D eigenvalue weighted by molar-refractivity contribution is 6.76. The molecule has 0 heterocycles. The monoisotopic (exact) mass is 252 g/mol.